The van der Waals surface area contributed by atoms with Gasteiger partial charge in [0.05, 0.1) is 19.3 Å². The average molecular weight is 249 g/mol. The van der Waals surface area contributed by atoms with Crippen LogP contribution in [0, 0.1) is 5.92 Å². The Balaban J connectivity index is 2.06. The number of benzene rings is 1. The van der Waals surface area contributed by atoms with E-state index in [0.29, 0.717) is 11.5 Å². The topological polar surface area (TPSA) is 58.6 Å². The molecule has 1 unspecified atom stereocenters. The molecule has 0 bridgehead atoms. The first-order valence-electron chi connectivity index (χ1n) is 6.16. The van der Waals surface area contributed by atoms with Crippen molar-refractivity contribution >= 4 is 5.91 Å². The second kappa shape index (κ2) is 4.98. The van der Waals surface area contributed by atoms with Gasteiger partial charge in [-0.15, -0.1) is 0 Å². The normalized spacial score (nSPS) is 17.9. The molecule has 4 nitrogen and oxygen atoms in total. The van der Waals surface area contributed by atoms with Gasteiger partial charge in [-0.2, -0.15) is 0 Å². The maximum Gasteiger partial charge on any atom is 0.251 e. The van der Waals surface area contributed by atoms with Crippen molar-refractivity contribution in [1.29, 1.82) is 0 Å². The number of aliphatic hydroxyl groups excluding tert-OH is 1. The van der Waals surface area contributed by atoms with Gasteiger partial charge in [-0.05, 0) is 49.9 Å². The van der Waals surface area contributed by atoms with Crippen LogP contribution >= 0.6 is 0 Å². The van der Waals surface area contributed by atoms with Crippen LogP contribution in [0.15, 0.2) is 24.3 Å². The first kappa shape index (κ1) is 12.9. The number of aliphatic hydroxyl groups is 1. The van der Waals surface area contributed by atoms with Gasteiger partial charge in [0.25, 0.3) is 5.91 Å². The molecule has 0 saturated heterocycles. The van der Waals surface area contributed by atoms with Crippen LogP contribution in [0.5, 0.6) is 5.75 Å². The summed E-state index contributed by atoms with van der Waals surface area (Å²) in [5, 5.41) is 12.4. The van der Waals surface area contributed by atoms with Crippen molar-refractivity contribution in [3.8, 4) is 5.75 Å². The van der Waals surface area contributed by atoms with Gasteiger partial charge in [-0.25, -0.2) is 0 Å². The average Bonchev–Trinajstić information content (AvgIpc) is 3.23. The minimum absolute atomic E-state index is 0.0282. The smallest absolute Gasteiger partial charge is 0.251 e. The quantitative estimate of drug-likeness (QED) is 0.833. The fraction of sp³-hybridized carbons (Fsp3) is 0.500. The number of ether oxygens (including phenoxy) is 1. The van der Waals surface area contributed by atoms with Gasteiger partial charge < -0.3 is 15.2 Å². The molecule has 0 spiro atoms. The highest BCUT2D eigenvalue weighted by molar-refractivity contribution is 5.94. The van der Waals surface area contributed by atoms with Gasteiger partial charge in [-0.1, -0.05) is 0 Å². The molecule has 1 aromatic rings. The summed E-state index contributed by atoms with van der Waals surface area (Å²) in [4.78, 5) is 12.1. The predicted octanol–water partition coefficient (Wildman–Crippen LogP) is 1.59. The summed E-state index contributed by atoms with van der Waals surface area (Å²) >= 11 is 0. The van der Waals surface area contributed by atoms with Crippen LogP contribution in [-0.4, -0.2) is 30.3 Å². The molecule has 1 aromatic carbocycles. The first-order chi connectivity index (χ1) is 8.59. The highest BCUT2D eigenvalue weighted by Gasteiger charge is 2.42. The van der Waals surface area contributed by atoms with Crippen molar-refractivity contribution in [3.63, 3.8) is 0 Å². The third-order valence-electron chi connectivity index (χ3n) is 3.56. The maximum atomic E-state index is 12.1. The summed E-state index contributed by atoms with van der Waals surface area (Å²) in [6, 6.07) is 6.95. The Morgan fingerprint density at radius 1 is 1.44 bits per heavy atom. The van der Waals surface area contributed by atoms with Gasteiger partial charge in [-0.3, -0.25) is 4.79 Å². The monoisotopic (exact) mass is 249 g/mol. The minimum atomic E-state index is -0.503. The fourth-order valence-corrected chi connectivity index (χ4v) is 2.07. The van der Waals surface area contributed by atoms with Crippen molar-refractivity contribution in [2.24, 2.45) is 5.92 Å². The summed E-state index contributed by atoms with van der Waals surface area (Å²) in [6.07, 6.45) is 2.14. The molecule has 0 heterocycles. The number of rotatable bonds is 5. The number of carbonyl (C=O) groups excluding carboxylic acids is 1. The lowest BCUT2D eigenvalue weighted by molar-refractivity contribution is 0.0824. The van der Waals surface area contributed by atoms with Crippen molar-refractivity contribution < 1.29 is 14.6 Å². The Morgan fingerprint density at radius 2 is 2.06 bits per heavy atom. The van der Waals surface area contributed by atoms with Crippen molar-refractivity contribution in [1.82, 2.24) is 5.32 Å². The molecule has 2 N–H and O–H groups in total. The van der Waals surface area contributed by atoms with Gasteiger partial charge in [0.1, 0.15) is 5.75 Å². The number of methoxy groups -OCH3 is 1. The summed E-state index contributed by atoms with van der Waals surface area (Å²) in [7, 11) is 1.59. The van der Waals surface area contributed by atoms with E-state index < -0.39 is 5.54 Å². The molecule has 1 aliphatic rings. The van der Waals surface area contributed by atoms with Crippen molar-refractivity contribution in [2.75, 3.05) is 13.7 Å². The van der Waals surface area contributed by atoms with E-state index in [0.717, 1.165) is 18.6 Å². The first-order valence-corrected chi connectivity index (χ1v) is 6.16. The van der Waals surface area contributed by atoms with Gasteiger partial charge in [0.15, 0.2) is 0 Å². The lowest BCUT2D eigenvalue weighted by Crippen LogP contribution is -2.50. The van der Waals surface area contributed by atoms with Gasteiger partial charge in [0.2, 0.25) is 0 Å². The molecule has 18 heavy (non-hydrogen) atoms. The molecule has 1 aliphatic carbocycles. The Morgan fingerprint density at radius 3 is 2.50 bits per heavy atom. The van der Waals surface area contributed by atoms with Crippen LogP contribution in [0.4, 0.5) is 0 Å². The van der Waals surface area contributed by atoms with E-state index in [1.165, 1.54) is 0 Å². The Kier molecular flexibility index (Phi) is 3.57. The number of amides is 1. The zero-order valence-corrected chi connectivity index (χ0v) is 10.8. The van der Waals surface area contributed by atoms with E-state index in [4.69, 9.17) is 4.74 Å². The second-order valence-electron chi connectivity index (χ2n) is 5.03. The van der Waals surface area contributed by atoms with Crippen LogP contribution in [-0.2, 0) is 0 Å². The number of hydrogen-bond donors (Lipinski definition) is 2. The second-order valence-corrected chi connectivity index (χ2v) is 5.03. The summed E-state index contributed by atoms with van der Waals surface area (Å²) in [5.41, 5.74) is 0.0768. The van der Waals surface area contributed by atoms with Crippen molar-refractivity contribution in [3.05, 3.63) is 29.8 Å². The van der Waals surface area contributed by atoms with Crippen LogP contribution in [0.1, 0.15) is 30.1 Å². The SMILES string of the molecule is COc1ccc(C(=O)NC(C)(CO)C2CC2)cc1. The zero-order chi connectivity index (χ0) is 13.2. The highest BCUT2D eigenvalue weighted by atomic mass is 16.5. The lowest BCUT2D eigenvalue weighted by atomic mass is 9.96. The third kappa shape index (κ3) is 2.64. The molecule has 2 rings (SSSR count). The van der Waals surface area contributed by atoms with Crippen LogP contribution in [0.25, 0.3) is 0 Å². The predicted molar refractivity (Wildman–Crippen MR) is 68.7 cm³/mol. The van der Waals surface area contributed by atoms with E-state index in [9.17, 15) is 9.90 Å². The minimum Gasteiger partial charge on any atom is -0.497 e. The molecule has 1 atom stereocenters. The maximum absolute atomic E-state index is 12.1. The van der Waals surface area contributed by atoms with Gasteiger partial charge >= 0.3 is 0 Å². The van der Waals surface area contributed by atoms with E-state index in [2.05, 4.69) is 5.32 Å². The zero-order valence-electron chi connectivity index (χ0n) is 10.8. The number of nitrogens with one attached hydrogen (secondary N) is 1. The summed E-state index contributed by atoms with van der Waals surface area (Å²) in [6.45, 7) is 1.87. The molecular formula is C14H19NO3. The molecule has 98 valence electrons. The number of carbonyl (C=O) groups is 1. The Hall–Kier alpha value is -1.55. The molecular weight excluding hydrogens is 230 g/mol. The van der Waals surface area contributed by atoms with Crippen molar-refractivity contribution in [2.45, 2.75) is 25.3 Å². The largest absolute Gasteiger partial charge is 0.497 e. The van der Waals surface area contributed by atoms with Crippen LogP contribution < -0.4 is 10.1 Å². The fourth-order valence-electron chi connectivity index (χ4n) is 2.07. The molecule has 1 fully saturated rings. The molecule has 1 saturated carbocycles. The van der Waals surface area contributed by atoms with Gasteiger partial charge in [0, 0.05) is 5.56 Å². The van der Waals surface area contributed by atoms with E-state index in [1.54, 1.807) is 31.4 Å². The Labute approximate surface area is 107 Å². The third-order valence-corrected chi connectivity index (χ3v) is 3.56. The number of hydrogen-bond acceptors (Lipinski definition) is 3. The van der Waals surface area contributed by atoms with E-state index >= 15 is 0 Å². The van der Waals surface area contributed by atoms with Crippen LogP contribution in [0.3, 0.4) is 0 Å². The molecule has 1 amide bonds. The highest BCUT2D eigenvalue weighted by Crippen LogP contribution is 2.39. The Bertz CT molecular complexity index is 425. The molecule has 4 heteroatoms. The van der Waals surface area contributed by atoms with Crippen LogP contribution in [0.2, 0.25) is 0 Å². The van der Waals surface area contributed by atoms with E-state index in [-0.39, 0.29) is 12.5 Å². The molecule has 0 aromatic heterocycles. The summed E-state index contributed by atoms with van der Waals surface area (Å²) < 4.78 is 5.05. The molecule has 0 radical (unpaired) electrons. The lowest BCUT2D eigenvalue weighted by Gasteiger charge is -2.28. The summed E-state index contributed by atoms with van der Waals surface area (Å²) in [5.74, 6) is 0.962. The standard InChI is InChI=1S/C14H19NO3/c1-14(9-16,11-5-6-11)15-13(17)10-3-7-12(18-2)8-4-10/h3-4,7-8,11,16H,5-6,9H2,1-2H3,(H,15,17). The molecule has 0 aliphatic heterocycles. The van der Waals surface area contributed by atoms with E-state index in [1.807, 2.05) is 6.92 Å².